The number of non-ortho nitro benzene ring substituents is 1. The summed E-state index contributed by atoms with van der Waals surface area (Å²) in [5, 5.41) is 10.9. The highest BCUT2D eigenvalue weighted by molar-refractivity contribution is 9.10. The molecule has 0 saturated carbocycles. The third-order valence-corrected chi connectivity index (χ3v) is 6.83. The minimum absolute atomic E-state index is 0.0768. The van der Waals surface area contributed by atoms with E-state index in [2.05, 4.69) is 15.9 Å². The van der Waals surface area contributed by atoms with E-state index >= 15 is 0 Å². The van der Waals surface area contributed by atoms with E-state index in [-0.39, 0.29) is 32.7 Å². The second kappa shape index (κ2) is 7.43. The van der Waals surface area contributed by atoms with Crippen LogP contribution in [0.15, 0.2) is 21.5 Å². The van der Waals surface area contributed by atoms with E-state index in [0.717, 1.165) is 29.6 Å². The average molecular weight is 428 g/mol. The van der Waals surface area contributed by atoms with Gasteiger partial charge < -0.3 is 4.74 Å². The Morgan fingerprint density at radius 2 is 2.17 bits per heavy atom. The summed E-state index contributed by atoms with van der Waals surface area (Å²) in [7, 11) is -2.55. The summed E-state index contributed by atoms with van der Waals surface area (Å²) in [5.74, 6) is 0. The molecule has 0 spiro atoms. The van der Waals surface area contributed by atoms with Gasteiger partial charge in [-0.3, -0.25) is 10.1 Å². The predicted octanol–water partition coefficient (Wildman–Crippen LogP) is 3.20. The molecule has 1 atom stereocenters. The van der Waals surface area contributed by atoms with Gasteiger partial charge >= 0.3 is 0 Å². The van der Waals surface area contributed by atoms with Crippen molar-refractivity contribution in [3.05, 3.63) is 31.7 Å². The lowest BCUT2D eigenvalue weighted by atomic mass is 10.1. The Kier molecular flexibility index (Phi) is 6.01. The molecular weight excluding hydrogens is 412 g/mol. The number of ether oxygens (including phenoxy) is 1. The first-order valence-corrected chi connectivity index (χ1v) is 9.56. The lowest BCUT2D eigenvalue weighted by Crippen LogP contribution is -2.37. The van der Waals surface area contributed by atoms with Crippen LogP contribution in [0.3, 0.4) is 0 Å². The van der Waals surface area contributed by atoms with Gasteiger partial charge in [0.05, 0.1) is 16.0 Å². The van der Waals surface area contributed by atoms with Crippen molar-refractivity contribution in [1.82, 2.24) is 4.31 Å². The van der Waals surface area contributed by atoms with Crippen LogP contribution in [-0.2, 0) is 14.8 Å². The van der Waals surface area contributed by atoms with E-state index in [1.165, 1.54) is 13.1 Å². The van der Waals surface area contributed by atoms with Crippen LogP contribution < -0.4 is 0 Å². The standard InChI is InChI=1S/C13H16BrClN2O5S/c1-16(8-10-4-2-3-5-22-10)23(20,21)12-7-9(17(18)19)6-11(14)13(12)15/h6-7,10H,2-5,8H2,1H3/t10-/m1/s1. The zero-order chi connectivity index (χ0) is 17.2. The number of sulfonamides is 1. The molecule has 0 bridgehead atoms. The lowest BCUT2D eigenvalue weighted by Gasteiger charge is -2.27. The molecule has 128 valence electrons. The molecule has 23 heavy (non-hydrogen) atoms. The molecule has 0 aliphatic carbocycles. The Balaban J connectivity index is 2.32. The van der Waals surface area contributed by atoms with Crippen molar-refractivity contribution < 1.29 is 18.1 Å². The molecule has 0 N–H and O–H groups in total. The lowest BCUT2D eigenvalue weighted by molar-refractivity contribution is -0.385. The maximum absolute atomic E-state index is 12.7. The zero-order valence-corrected chi connectivity index (χ0v) is 15.5. The third-order valence-electron chi connectivity index (χ3n) is 3.61. The topological polar surface area (TPSA) is 89.8 Å². The van der Waals surface area contributed by atoms with Crippen molar-refractivity contribution in [2.24, 2.45) is 0 Å². The van der Waals surface area contributed by atoms with Gasteiger partial charge in [-0.05, 0) is 35.2 Å². The van der Waals surface area contributed by atoms with Crippen molar-refractivity contribution in [1.29, 1.82) is 0 Å². The van der Waals surface area contributed by atoms with Crippen LogP contribution in [0.4, 0.5) is 5.69 Å². The number of likely N-dealkylation sites (N-methyl/N-ethyl adjacent to an activating group) is 1. The molecule has 0 radical (unpaired) electrons. The predicted molar refractivity (Wildman–Crippen MR) is 89.2 cm³/mol. The van der Waals surface area contributed by atoms with Crippen LogP contribution in [0, 0.1) is 10.1 Å². The molecule has 1 fully saturated rings. The van der Waals surface area contributed by atoms with Crippen LogP contribution in [-0.4, -0.2) is 43.9 Å². The Labute approximate surface area is 147 Å². The average Bonchev–Trinajstić information content (AvgIpc) is 2.50. The molecular formula is C13H16BrClN2O5S. The number of hydrogen-bond donors (Lipinski definition) is 0. The molecule has 1 aliphatic rings. The number of rotatable bonds is 5. The zero-order valence-electron chi connectivity index (χ0n) is 12.4. The van der Waals surface area contributed by atoms with E-state index < -0.39 is 14.9 Å². The second-order valence-electron chi connectivity index (χ2n) is 5.27. The maximum Gasteiger partial charge on any atom is 0.272 e. The van der Waals surface area contributed by atoms with Gasteiger partial charge in [-0.15, -0.1) is 0 Å². The first-order chi connectivity index (χ1) is 10.7. The largest absolute Gasteiger partial charge is 0.377 e. The highest BCUT2D eigenvalue weighted by Gasteiger charge is 2.30. The van der Waals surface area contributed by atoms with Crippen LogP contribution in [0.1, 0.15) is 19.3 Å². The van der Waals surface area contributed by atoms with Gasteiger partial charge in [0.15, 0.2) is 0 Å². The van der Waals surface area contributed by atoms with E-state index in [4.69, 9.17) is 16.3 Å². The fraction of sp³-hybridized carbons (Fsp3) is 0.538. The number of benzene rings is 1. The highest BCUT2D eigenvalue weighted by Crippen LogP contribution is 2.35. The normalized spacial score (nSPS) is 19.0. The summed E-state index contributed by atoms with van der Waals surface area (Å²) >= 11 is 9.10. The Morgan fingerprint density at radius 3 is 2.74 bits per heavy atom. The fourth-order valence-electron chi connectivity index (χ4n) is 2.35. The number of nitrogens with zero attached hydrogens (tertiary/aromatic N) is 2. The molecule has 1 heterocycles. The quantitative estimate of drug-likeness (QED) is 0.532. The monoisotopic (exact) mass is 426 g/mol. The highest BCUT2D eigenvalue weighted by atomic mass is 79.9. The third kappa shape index (κ3) is 4.21. The first kappa shape index (κ1) is 18.6. The number of nitro groups is 1. The molecule has 0 unspecified atom stereocenters. The van der Waals surface area contributed by atoms with E-state index in [0.29, 0.717) is 6.61 Å². The molecule has 0 amide bonds. The molecule has 1 aromatic rings. The number of halogens is 2. The van der Waals surface area contributed by atoms with Gasteiger partial charge in [-0.2, -0.15) is 4.31 Å². The summed E-state index contributed by atoms with van der Waals surface area (Å²) in [5.41, 5.74) is -0.345. The molecule has 1 aliphatic heterocycles. The molecule has 1 aromatic carbocycles. The van der Waals surface area contributed by atoms with Crippen molar-refractivity contribution in [3.63, 3.8) is 0 Å². The van der Waals surface area contributed by atoms with Crippen molar-refractivity contribution in [2.75, 3.05) is 20.2 Å². The molecule has 7 nitrogen and oxygen atoms in total. The van der Waals surface area contributed by atoms with Gasteiger partial charge in [0.2, 0.25) is 10.0 Å². The van der Waals surface area contributed by atoms with Gasteiger partial charge in [0.25, 0.3) is 5.69 Å². The SMILES string of the molecule is CN(C[C@H]1CCCCO1)S(=O)(=O)c1cc([N+](=O)[O-])cc(Br)c1Cl. The van der Waals surface area contributed by atoms with Gasteiger partial charge in [-0.1, -0.05) is 11.6 Å². The van der Waals surface area contributed by atoms with E-state index in [9.17, 15) is 18.5 Å². The smallest absolute Gasteiger partial charge is 0.272 e. The van der Waals surface area contributed by atoms with Crippen LogP contribution in [0.25, 0.3) is 0 Å². The Bertz CT molecular complexity index is 707. The van der Waals surface area contributed by atoms with Crippen molar-refractivity contribution in [3.8, 4) is 0 Å². The Morgan fingerprint density at radius 1 is 1.48 bits per heavy atom. The molecule has 1 saturated heterocycles. The van der Waals surface area contributed by atoms with E-state index in [1.54, 1.807) is 0 Å². The van der Waals surface area contributed by atoms with Crippen LogP contribution in [0.5, 0.6) is 0 Å². The summed E-state index contributed by atoms with van der Waals surface area (Å²) in [4.78, 5) is 9.99. The summed E-state index contributed by atoms with van der Waals surface area (Å²) in [6, 6.07) is 2.15. The molecule has 0 aromatic heterocycles. The van der Waals surface area contributed by atoms with Gasteiger partial charge in [0.1, 0.15) is 4.90 Å². The van der Waals surface area contributed by atoms with Gasteiger partial charge in [-0.25, -0.2) is 8.42 Å². The van der Waals surface area contributed by atoms with Crippen molar-refractivity contribution >= 4 is 43.2 Å². The molecule has 2 rings (SSSR count). The second-order valence-corrected chi connectivity index (χ2v) is 8.52. The number of nitro benzene ring substituents is 1. The minimum Gasteiger partial charge on any atom is -0.377 e. The first-order valence-electron chi connectivity index (χ1n) is 6.95. The summed E-state index contributed by atoms with van der Waals surface area (Å²) in [6.45, 7) is 0.792. The fourth-order valence-corrected chi connectivity index (χ4v) is 4.63. The Hall–Kier alpha value is -0.740. The summed E-state index contributed by atoms with van der Waals surface area (Å²) < 4.78 is 32.2. The van der Waals surface area contributed by atoms with E-state index in [1.807, 2.05) is 0 Å². The maximum atomic E-state index is 12.7. The summed E-state index contributed by atoms with van der Waals surface area (Å²) in [6.07, 6.45) is 2.56. The van der Waals surface area contributed by atoms with Crippen molar-refractivity contribution in [2.45, 2.75) is 30.3 Å². The van der Waals surface area contributed by atoms with Crippen LogP contribution in [0.2, 0.25) is 5.02 Å². The minimum atomic E-state index is -3.96. The number of hydrogen-bond acceptors (Lipinski definition) is 5. The van der Waals surface area contributed by atoms with Gasteiger partial charge in [0, 0.05) is 36.8 Å². The molecule has 10 heteroatoms. The van der Waals surface area contributed by atoms with Crippen LogP contribution >= 0.6 is 27.5 Å².